The molecule has 2 rings (SSSR count). The Hall–Kier alpha value is -1.81. The van der Waals surface area contributed by atoms with Gasteiger partial charge in [-0.3, -0.25) is 0 Å². The van der Waals surface area contributed by atoms with Crippen LogP contribution in [0, 0.1) is 5.82 Å². The summed E-state index contributed by atoms with van der Waals surface area (Å²) in [6.45, 7) is 2.72. The Balaban J connectivity index is 2.08. The molecule has 2 N–H and O–H groups in total. The summed E-state index contributed by atoms with van der Waals surface area (Å²) in [5.74, 6) is 0.451. The minimum Gasteiger partial charge on any atom is -0.496 e. The highest BCUT2D eigenvalue weighted by Gasteiger charge is 2.12. The third-order valence-electron chi connectivity index (χ3n) is 2.93. The number of H-pyrrole nitrogens is 1. The van der Waals surface area contributed by atoms with E-state index in [1.54, 1.807) is 13.2 Å². The van der Waals surface area contributed by atoms with E-state index in [1.807, 2.05) is 25.4 Å². The first-order valence-corrected chi connectivity index (χ1v) is 5.89. The van der Waals surface area contributed by atoms with Crippen LogP contribution in [0.25, 0.3) is 0 Å². The van der Waals surface area contributed by atoms with Crippen molar-refractivity contribution in [3.05, 3.63) is 53.6 Å². The highest BCUT2D eigenvalue weighted by molar-refractivity contribution is 5.36. The van der Waals surface area contributed by atoms with Gasteiger partial charge in [-0.1, -0.05) is 0 Å². The van der Waals surface area contributed by atoms with Gasteiger partial charge in [0, 0.05) is 30.5 Å². The van der Waals surface area contributed by atoms with Crippen LogP contribution in [0.2, 0.25) is 0 Å². The van der Waals surface area contributed by atoms with Crippen LogP contribution < -0.4 is 10.1 Å². The molecule has 0 amide bonds. The predicted molar refractivity (Wildman–Crippen MR) is 69.0 cm³/mol. The number of aromatic amines is 1. The number of benzene rings is 1. The number of hydrogen-bond donors (Lipinski definition) is 2. The van der Waals surface area contributed by atoms with E-state index in [-0.39, 0.29) is 11.9 Å². The summed E-state index contributed by atoms with van der Waals surface area (Å²) in [6.07, 6.45) is 3.81. The molecule has 1 unspecified atom stereocenters. The normalized spacial score (nSPS) is 12.4. The van der Waals surface area contributed by atoms with Gasteiger partial charge in [0.05, 0.1) is 7.11 Å². The van der Waals surface area contributed by atoms with E-state index in [0.29, 0.717) is 5.75 Å². The zero-order chi connectivity index (χ0) is 13.0. The molecular formula is C14H17FN2O. The fourth-order valence-corrected chi connectivity index (χ4v) is 1.89. The Kier molecular flexibility index (Phi) is 3.99. The highest BCUT2D eigenvalue weighted by atomic mass is 19.1. The molecule has 1 aromatic heterocycles. The Morgan fingerprint density at radius 3 is 2.89 bits per heavy atom. The number of hydrogen-bond acceptors (Lipinski definition) is 2. The van der Waals surface area contributed by atoms with E-state index in [1.165, 1.54) is 12.1 Å². The van der Waals surface area contributed by atoms with Crippen LogP contribution in [0.15, 0.2) is 36.7 Å². The minimum atomic E-state index is -0.249. The summed E-state index contributed by atoms with van der Waals surface area (Å²) in [5, 5.41) is 3.34. The Morgan fingerprint density at radius 1 is 1.39 bits per heavy atom. The lowest BCUT2D eigenvalue weighted by atomic mass is 10.1. The van der Waals surface area contributed by atoms with Gasteiger partial charge in [0.2, 0.25) is 0 Å². The van der Waals surface area contributed by atoms with Crippen molar-refractivity contribution in [2.75, 3.05) is 7.11 Å². The predicted octanol–water partition coefficient (Wildman–Crippen LogP) is 3.01. The van der Waals surface area contributed by atoms with Crippen LogP contribution in [0.5, 0.6) is 5.75 Å². The molecule has 96 valence electrons. The Labute approximate surface area is 106 Å². The molecule has 18 heavy (non-hydrogen) atoms. The lowest BCUT2D eigenvalue weighted by Gasteiger charge is -2.17. The van der Waals surface area contributed by atoms with Crippen molar-refractivity contribution in [3.8, 4) is 5.75 Å². The molecule has 3 nitrogen and oxygen atoms in total. The third kappa shape index (κ3) is 2.90. The van der Waals surface area contributed by atoms with Crippen molar-refractivity contribution in [3.63, 3.8) is 0 Å². The van der Waals surface area contributed by atoms with Gasteiger partial charge in [-0.2, -0.15) is 0 Å². The van der Waals surface area contributed by atoms with Crippen LogP contribution in [0.3, 0.4) is 0 Å². The maximum atomic E-state index is 13.3. The minimum absolute atomic E-state index is 0.0190. The van der Waals surface area contributed by atoms with Crippen LogP contribution in [0.1, 0.15) is 24.1 Å². The molecule has 0 spiro atoms. The maximum absolute atomic E-state index is 13.3. The zero-order valence-electron chi connectivity index (χ0n) is 10.5. The van der Waals surface area contributed by atoms with E-state index < -0.39 is 0 Å². The SMILES string of the molecule is COc1ccc(F)cc1C(C)NCc1cc[nH]c1. The maximum Gasteiger partial charge on any atom is 0.123 e. The molecule has 0 aliphatic heterocycles. The molecule has 0 bridgehead atoms. The van der Waals surface area contributed by atoms with Gasteiger partial charge in [-0.05, 0) is 36.8 Å². The summed E-state index contributed by atoms with van der Waals surface area (Å²) in [6, 6.07) is 6.58. The number of rotatable bonds is 5. The molecular weight excluding hydrogens is 231 g/mol. The summed E-state index contributed by atoms with van der Waals surface area (Å²) in [4.78, 5) is 3.00. The lowest BCUT2D eigenvalue weighted by molar-refractivity contribution is 0.399. The van der Waals surface area contributed by atoms with Crippen molar-refractivity contribution < 1.29 is 9.13 Å². The van der Waals surface area contributed by atoms with E-state index in [2.05, 4.69) is 10.3 Å². The van der Waals surface area contributed by atoms with Gasteiger partial charge in [-0.15, -0.1) is 0 Å². The standard InChI is InChI=1S/C14H17FN2O/c1-10(17-9-11-5-6-16-8-11)13-7-12(15)3-4-14(13)18-2/h3-8,10,16-17H,9H2,1-2H3. The van der Waals surface area contributed by atoms with Crippen molar-refractivity contribution in [1.29, 1.82) is 0 Å². The van der Waals surface area contributed by atoms with Crippen LogP contribution in [-0.2, 0) is 6.54 Å². The molecule has 1 atom stereocenters. The molecule has 1 heterocycles. The first-order chi connectivity index (χ1) is 8.70. The molecule has 4 heteroatoms. The van der Waals surface area contributed by atoms with Crippen molar-refractivity contribution in [2.24, 2.45) is 0 Å². The molecule has 2 aromatic rings. The first-order valence-electron chi connectivity index (χ1n) is 5.89. The number of ether oxygens (including phenoxy) is 1. The van der Waals surface area contributed by atoms with Crippen LogP contribution in [-0.4, -0.2) is 12.1 Å². The lowest BCUT2D eigenvalue weighted by Crippen LogP contribution is -2.18. The quantitative estimate of drug-likeness (QED) is 0.853. The van der Waals surface area contributed by atoms with Gasteiger partial charge in [0.15, 0.2) is 0 Å². The molecule has 0 saturated heterocycles. The molecule has 0 aliphatic carbocycles. The number of nitrogens with one attached hydrogen (secondary N) is 2. The number of aromatic nitrogens is 1. The second kappa shape index (κ2) is 5.69. The second-order valence-electron chi connectivity index (χ2n) is 4.21. The van der Waals surface area contributed by atoms with Gasteiger partial charge >= 0.3 is 0 Å². The monoisotopic (exact) mass is 248 g/mol. The van der Waals surface area contributed by atoms with Gasteiger partial charge in [-0.25, -0.2) is 4.39 Å². The van der Waals surface area contributed by atoms with Crippen LogP contribution in [0.4, 0.5) is 4.39 Å². The summed E-state index contributed by atoms with van der Waals surface area (Å²) < 4.78 is 18.5. The average molecular weight is 248 g/mol. The van der Waals surface area contributed by atoms with E-state index in [0.717, 1.165) is 17.7 Å². The van der Waals surface area contributed by atoms with E-state index >= 15 is 0 Å². The first kappa shape index (κ1) is 12.6. The molecule has 0 saturated carbocycles. The van der Waals surface area contributed by atoms with Crippen molar-refractivity contribution in [2.45, 2.75) is 19.5 Å². The topological polar surface area (TPSA) is 37.0 Å². The summed E-state index contributed by atoms with van der Waals surface area (Å²) in [7, 11) is 1.59. The fourth-order valence-electron chi connectivity index (χ4n) is 1.89. The van der Waals surface area contributed by atoms with E-state index in [9.17, 15) is 4.39 Å². The van der Waals surface area contributed by atoms with Crippen molar-refractivity contribution in [1.82, 2.24) is 10.3 Å². The third-order valence-corrected chi connectivity index (χ3v) is 2.93. The molecule has 0 radical (unpaired) electrons. The zero-order valence-corrected chi connectivity index (χ0v) is 10.5. The Morgan fingerprint density at radius 2 is 2.22 bits per heavy atom. The molecule has 0 aliphatic rings. The largest absolute Gasteiger partial charge is 0.496 e. The van der Waals surface area contributed by atoms with Gasteiger partial charge < -0.3 is 15.0 Å². The smallest absolute Gasteiger partial charge is 0.123 e. The molecule has 0 fully saturated rings. The second-order valence-corrected chi connectivity index (χ2v) is 4.21. The van der Waals surface area contributed by atoms with Crippen LogP contribution >= 0.6 is 0 Å². The Bertz CT molecular complexity index is 497. The summed E-state index contributed by atoms with van der Waals surface area (Å²) in [5.41, 5.74) is 1.99. The molecule has 1 aromatic carbocycles. The van der Waals surface area contributed by atoms with Gasteiger partial charge in [0.25, 0.3) is 0 Å². The van der Waals surface area contributed by atoms with Gasteiger partial charge in [0.1, 0.15) is 11.6 Å². The van der Waals surface area contributed by atoms with E-state index in [4.69, 9.17) is 4.74 Å². The summed E-state index contributed by atoms with van der Waals surface area (Å²) >= 11 is 0. The number of halogens is 1. The average Bonchev–Trinajstić information content (AvgIpc) is 2.89. The highest BCUT2D eigenvalue weighted by Crippen LogP contribution is 2.25. The van der Waals surface area contributed by atoms with Crippen molar-refractivity contribution >= 4 is 0 Å². The fraction of sp³-hybridized carbons (Fsp3) is 0.286. The number of methoxy groups -OCH3 is 1.